The summed E-state index contributed by atoms with van der Waals surface area (Å²) in [5, 5.41) is 2.90. The number of nitrogens with one attached hydrogen (secondary N) is 1. The smallest absolute Gasteiger partial charge is 0.341 e. The van der Waals surface area contributed by atoms with Gasteiger partial charge < -0.3 is 19.5 Å². The lowest BCUT2D eigenvalue weighted by atomic mass is 10.0. The van der Waals surface area contributed by atoms with Gasteiger partial charge >= 0.3 is 5.97 Å². The van der Waals surface area contributed by atoms with Crippen LogP contribution in [0.4, 0.5) is 5.69 Å². The first kappa shape index (κ1) is 20.2. The van der Waals surface area contributed by atoms with Gasteiger partial charge in [-0.15, -0.1) is 0 Å². The molecule has 0 bridgehead atoms. The summed E-state index contributed by atoms with van der Waals surface area (Å²) < 4.78 is 16.6. The van der Waals surface area contributed by atoms with Crippen molar-refractivity contribution in [2.24, 2.45) is 0 Å². The molecule has 0 saturated heterocycles. The summed E-state index contributed by atoms with van der Waals surface area (Å²) in [5.41, 5.74) is 0.0572. The highest BCUT2D eigenvalue weighted by Gasteiger charge is 2.42. The fourth-order valence-corrected chi connectivity index (χ4v) is 3.24. The fourth-order valence-electron chi connectivity index (χ4n) is 3.24. The third-order valence-electron chi connectivity index (χ3n) is 4.34. The Hall–Kier alpha value is -2.08. The highest BCUT2D eigenvalue weighted by atomic mass is 16.5. The molecule has 1 fully saturated rings. The SMILES string of the molecule is CCOC(=O)c1cc(NC(=O)C2(OCC)CCCC2)ccc1OC(C)C. The van der Waals surface area contributed by atoms with Crippen LogP contribution in [-0.2, 0) is 14.3 Å². The third-order valence-corrected chi connectivity index (χ3v) is 4.34. The van der Waals surface area contributed by atoms with E-state index < -0.39 is 11.6 Å². The minimum Gasteiger partial charge on any atom is -0.490 e. The van der Waals surface area contributed by atoms with Crippen molar-refractivity contribution in [1.29, 1.82) is 0 Å². The molecule has 2 rings (SSSR count). The number of ether oxygens (including phenoxy) is 3. The van der Waals surface area contributed by atoms with E-state index >= 15 is 0 Å². The average molecular weight is 363 g/mol. The van der Waals surface area contributed by atoms with Gasteiger partial charge in [-0.1, -0.05) is 0 Å². The lowest BCUT2D eigenvalue weighted by molar-refractivity contribution is -0.140. The van der Waals surface area contributed by atoms with E-state index in [-0.39, 0.29) is 18.6 Å². The van der Waals surface area contributed by atoms with Crippen molar-refractivity contribution in [2.75, 3.05) is 18.5 Å². The van der Waals surface area contributed by atoms with E-state index in [1.165, 1.54) is 0 Å². The normalized spacial score (nSPS) is 15.7. The minimum atomic E-state index is -0.772. The highest BCUT2D eigenvalue weighted by Crippen LogP contribution is 2.35. The van der Waals surface area contributed by atoms with Gasteiger partial charge in [0.2, 0.25) is 0 Å². The number of hydrogen-bond donors (Lipinski definition) is 1. The fraction of sp³-hybridized carbons (Fsp3) is 0.600. The number of carbonyl (C=O) groups is 2. The molecule has 144 valence electrons. The van der Waals surface area contributed by atoms with Crippen molar-refractivity contribution in [1.82, 2.24) is 0 Å². The second-order valence-corrected chi connectivity index (χ2v) is 6.69. The molecule has 1 aliphatic rings. The lowest BCUT2D eigenvalue weighted by Gasteiger charge is -2.27. The van der Waals surface area contributed by atoms with Crippen LogP contribution in [0, 0.1) is 0 Å². The Labute approximate surface area is 155 Å². The number of rotatable bonds is 8. The minimum absolute atomic E-state index is 0.0803. The van der Waals surface area contributed by atoms with Gasteiger partial charge in [0.25, 0.3) is 5.91 Å². The molecule has 6 nitrogen and oxygen atoms in total. The van der Waals surface area contributed by atoms with Gasteiger partial charge in [-0.05, 0) is 71.6 Å². The van der Waals surface area contributed by atoms with E-state index in [0.717, 1.165) is 12.8 Å². The van der Waals surface area contributed by atoms with Crippen molar-refractivity contribution >= 4 is 17.6 Å². The van der Waals surface area contributed by atoms with Gasteiger partial charge in [0.05, 0.1) is 12.7 Å². The Kier molecular flexibility index (Phi) is 7.03. The van der Waals surface area contributed by atoms with Crippen LogP contribution in [0.3, 0.4) is 0 Å². The maximum atomic E-state index is 12.8. The molecule has 0 aromatic heterocycles. The number of esters is 1. The molecule has 0 unspecified atom stereocenters. The summed E-state index contributed by atoms with van der Waals surface area (Å²) in [6, 6.07) is 5.01. The summed E-state index contributed by atoms with van der Waals surface area (Å²) in [7, 11) is 0. The van der Waals surface area contributed by atoms with Gasteiger partial charge in [0.15, 0.2) is 0 Å². The largest absolute Gasteiger partial charge is 0.490 e. The molecule has 0 spiro atoms. The Morgan fingerprint density at radius 1 is 1.15 bits per heavy atom. The Balaban J connectivity index is 2.24. The molecule has 6 heteroatoms. The Bertz CT molecular complexity index is 635. The number of hydrogen-bond acceptors (Lipinski definition) is 5. The third kappa shape index (κ3) is 4.75. The van der Waals surface area contributed by atoms with Crippen molar-refractivity contribution in [3.05, 3.63) is 23.8 Å². The van der Waals surface area contributed by atoms with E-state index in [1.54, 1.807) is 25.1 Å². The van der Waals surface area contributed by atoms with E-state index in [2.05, 4.69) is 5.32 Å². The summed E-state index contributed by atoms with van der Waals surface area (Å²) in [5.74, 6) is -0.194. The second kappa shape index (κ2) is 9.03. The van der Waals surface area contributed by atoms with Gasteiger partial charge in [0, 0.05) is 12.3 Å². The van der Waals surface area contributed by atoms with Crippen molar-refractivity contribution in [3.63, 3.8) is 0 Å². The molecular formula is C20H29NO5. The molecular weight excluding hydrogens is 334 g/mol. The van der Waals surface area contributed by atoms with E-state index in [0.29, 0.717) is 36.4 Å². The first-order valence-electron chi connectivity index (χ1n) is 9.35. The van der Waals surface area contributed by atoms with Gasteiger partial charge in [-0.2, -0.15) is 0 Å². The average Bonchev–Trinajstić information content (AvgIpc) is 3.06. The van der Waals surface area contributed by atoms with Crippen LogP contribution in [-0.4, -0.2) is 36.8 Å². The summed E-state index contributed by atoms with van der Waals surface area (Å²) >= 11 is 0. The topological polar surface area (TPSA) is 73.9 Å². The molecule has 1 aromatic carbocycles. The quantitative estimate of drug-likeness (QED) is 0.708. The zero-order valence-corrected chi connectivity index (χ0v) is 16.1. The van der Waals surface area contributed by atoms with Crippen LogP contribution in [0.2, 0.25) is 0 Å². The number of benzene rings is 1. The van der Waals surface area contributed by atoms with Gasteiger partial charge in [-0.25, -0.2) is 4.79 Å². The van der Waals surface area contributed by atoms with E-state index in [4.69, 9.17) is 14.2 Å². The molecule has 1 aromatic rings. The molecule has 0 atom stereocenters. The number of amides is 1. The molecule has 1 saturated carbocycles. The Morgan fingerprint density at radius 2 is 1.85 bits per heavy atom. The standard InChI is InChI=1S/C20H29NO5/c1-5-24-18(22)16-13-15(9-10-17(16)26-14(3)4)21-19(23)20(25-6-2)11-7-8-12-20/h9-10,13-14H,5-8,11-12H2,1-4H3,(H,21,23). The number of anilines is 1. The van der Waals surface area contributed by atoms with Gasteiger partial charge in [-0.3, -0.25) is 4.79 Å². The maximum absolute atomic E-state index is 12.8. The molecule has 1 aliphatic carbocycles. The monoisotopic (exact) mass is 363 g/mol. The van der Waals surface area contributed by atoms with Crippen molar-refractivity contribution in [2.45, 2.75) is 65.1 Å². The van der Waals surface area contributed by atoms with E-state index in [1.807, 2.05) is 20.8 Å². The molecule has 1 N–H and O–H groups in total. The van der Waals surface area contributed by atoms with Crippen molar-refractivity contribution in [3.8, 4) is 5.75 Å². The zero-order chi connectivity index (χ0) is 19.2. The van der Waals surface area contributed by atoms with E-state index in [9.17, 15) is 9.59 Å². The molecule has 0 heterocycles. The first-order valence-corrected chi connectivity index (χ1v) is 9.35. The Morgan fingerprint density at radius 3 is 2.42 bits per heavy atom. The molecule has 26 heavy (non-hydrogen) atoms. The molecule has 0 aliphatic heterocycles. The van der Waals surface area contributed by atoms with Crippen LogP contribution in [0.1, 0.15) is 63.7 Å². The first-order chi connectivity index (χ1) is 12.4. The van der Waals surface area contributed by atoms with Gasteiger partial charge in [0.1, 0.15) is 16.9 Å². The zero-order valence-electron chi connectivity index (χ0n) is 16.1. The summed E-state index contributed by atoms with van der Waals surface area (Å²) in [4.78, 5) is 25.1. The second-order valence-electron chi connectivity index (χ2n) is 6.69. The summed E-state index contributed by atoms with van der Waals surface area (Å²) in [6.07, 6.45) is 3.30. The molecule has 0 radical (unpaired) electrons. The lowest BCUT2D eigenvalue weighted by Crippen LogP contribution is -2.43. The van der Waals surface area contributed by atoms with Crippen LogP contribution >= 0.6 is 0 Å². The van der Waals surface area contributed by atoms with Crippen LogP contribution in [0.25, 0.3) is 0 Å². The summed E-state index contributed by atoms with van der Waals surface area (Å²) in [6.45, 7) is 8.17. The maximum Gasteiger partial charge on any atom is 0.341 e. The van der Waals surface area contributed by atoms with Crippen molar-refractivity contribution < 1.29 is 23.8 Å². The predicted molar refractivity (Wildman–Crippen MR) is 99.6 cm³/mol. The van der Waals surface area contributed by atoms with Crippen LogP contribution < -0.4 is 10.1 Å². The highest BCUT2D eigenvalue weighted by molar-refractivity contribution is 6.00. The van der Waals surface area contributed by atoms with Crippen LogP contribution in [0.15, 0.2) is 18.2 Å². The van der Waals surface area contributed by atoms with Crippen LogP contribution in [0.5, 0.6) is 5.75 Å². The number of carbonyl (C=O) groups excluding carboxylic acids is 2. The molecule has 1 amide bonds. The predicted octanol–water partition coefficient (Wildman–Crippen LogP) is 3.94.